The van der Waals surface area contributed by atoms with Gasteiger partial charge in [0.15, 0.2) is 0 Å². The normalized spacial score (nSPS) is 15.0. The molecule has 0 spiro atoms. The lowest BCUT2D eigenvalue weighted by atomic mass is 10.0. The molecule has 1 aliphatic rings. The van der Waals surface area contributed by atoms with E-state index in [0.29, 0.717) is 26.2 Å². The molecule has 1 heterocycles. The van der Waals surface area contributed by atoms with Crippen molar-refractivity contribution in [3.8, 4) is 0 Å². The number of nitrogens with zero attached hydrogens (tertiary/aromatic N) is 2. The van der Waals surface area contributed by atoms with Crippen molar-refractivity contribution in [2.75, 3.05) is 44.3 Å². The van der Waals surface area contributed by atoms with Gasteiger partial charge in [-0.2, -0.15) is 0 Å². The number of anilines is 1. The lowest BCUT2D eigenvalue weighted by Gasteiger charge is -2.30. The standard InChI is InChI=1S/C25H33N3O5/c1-2-6-23(21-11-9-20(10-12-21)19-24(29)26-31)33-25(30)28(22-7-4-3-5-8-22)14-13-27-15-17-32-18-16-27/h3-5,7-12,23,31H,2,6,13-19H2,1H3,(H,26,29). The quantitative estimate of drug-likeness (QED) is 0.421. The van der Waals surface area contributed by atoms with Crippen LogP contribution in [0.1, 0.15) is 37.0 Å². The van der Waals surface area contributed by atoms with Crippen molar-refractivity contribution in [1.82, 2.24) is 10.4 Å². The first-order valence-electron chi connectivity index (χ1n) is 11.5. The van der Waals surface area contributed by atoms with Crippen LogP contribution in [-0.4, -0.2) is 61.5 Å². The molecule has 2 aromatic carbocycles. The van der Waals surface area contributed by atoms with E-state index in [9.17, 15) is 9.59 Å². The molecule has 178 valence electrons. The van der Waals surface area contributed by atoms with Crippen LogP contribution in [0.5, 0.6) is 0 Å². The number of benzene rings is 2. The number of carbonyl (C=O) groups excluding carboxylic acids is 2. The summed E-state index contributed by atoms with van der Waals surface area (Å²) in [5.41, 5.74) is 4.08. The Balaban J connectivity index is 1.71. The molecule has 33 heavy (non-hydrogen) atoms. The van der Waals surface area contributed by atoms with E-state index in [0.717, 1.165) is 42.9 Å². The average Bonchev–Trinajstić information content (AvgIpc) is 2.85. The topological polar surface area (TPSA) is 91.3 Å². The first-order chi connectivity index (χ1) is 16.1. The molecule has 2 N–H and O–H groups in total. The molecule has 1 fully saturated rings. The van der Waals surface area contributed by atoms with Crippen LogP contribution in [-0.2, 0) is 20.7 Å². The molecule has 8 nitrogen and oxygen atoms in total. The van der Waals surface area contributed by atoms with E-state index in [2.05, 4.69) is 4.90 Å². The predicted molar refractivity (Wildman–Crippen MR) is 125 cm³/mol. The summed E-state index contributed by atoms with van der Waals surface area (Å²) >= 11 is 0. The summed E-state index contributed by atoms with van der Waals surface area (Å²) in [4.78, 5) is 28.7. The third-order valence-corrected chi connectivity index (χ3v) is 5.67. The molecule has 0 radical (unpaired) electrons. The second kappa shape index (κ2) is 12.9. The fourth-order valence-electron chi connectivity index (χ4n) is 3.82. The molecule has 1 atom stereocenters. The molecule has 0 aliphatic carbocycles. The number of nitrogens with one attached hydrogen (secondary N) is 1. The van der Waals surface area contributed by atoms with Gasteiger partial charge in [-0.1, -0.05) is 55.8 Å². The summed E-state index contributed by atoms with van der Waals surface area (Å²) in [5.74, 6) is -0.474. The zero-order chi connectivity index (χ0) is 23.5. The molecule has 3 rings (SSSR count). The molecular formula is C25H33N3O5. The van der Waals surface area contributed by atoms with Crippen molar-refractivity contribution in [1.29, 1.82) is 0 Å². The van der Waals surface area contributed by atoms with E-state index in [4.69, 9.17) is 14.7 Å². The smallest absolute Gasteiger partial charge is 0.414 e. The molecule has 8 heteroatoms. The van der Waals surface area contributed by atoms with Crippen molar-refractivity contribution in [3.63, 3.8) is 0 Å². The predicted octanol–water partition coefficient (Wildman–Crippen LogP) is 3.55. The van der Waals surface area contributed by atoms with Crippen LogP contribution >= 0.6 is 0 Å². The van der Waals surface area contributed by atoms with Crippen LogP contribution in [0.2, 0.25) is 0 Å². The van der Waals surface area contributed by atoms with Gasteiger partial charge >= 0.3 is 6.09 Å². The van der Waals surface area contributed by atoms with Gasteiger partial charge in [-0.3, -0.25) is 19.8 Å². The van der Waals surface area contributed by atoms with Crippen LogP contribution in [0.15, 0.2) is 54.6 Å². The molecule has 2 aromatic rings. The van der Waals surface area contributed by atoms with Crippen LogP contribution in [0, 0.1) is 0 Å². The Kier molecular flexibility index (Phi) is 9.68. The third-order valence-electron chi connectivity index (χ3n) is 5.67. The van der Waals surface area contributed by atoms with Crippen LogP contribution < -0.4 is 10.4 Å². The Hall–Kier alpha value is -2.94. The van der Waals surface area contributed by atoms with E-state index < -0.39 is 12.0 Å². The van der Waals surface area contributed by atoms with Gasteiger partial charge in [0.25, 0.3) is 0 Å². The van der Waals surface area contributed by atoms with Crippen LogP contribution in [0.3, 0.4) is 0 Å². The number of amides is 2. The maximum Gasteiger partial charge on any atom is 0.414 e. The minimum atomic E-state index is -0.474. The third kappa shape index (κ3) is 7.56. The number of hydroxylamine groups is 1. The van der Waals surface area contributed by atoms with Gasteiger partial charge in [0, 0.05) is 31.9 Å². The summed E-state index contributed by atoms with van der Waals surface area (Å²) in [6.45, 7) is 6.46. The van der Waals surface area contributed by atoms with E-state index in [-0.39, 0.29) is 12.5 Å². The minimum absolute atomic E-state index is 0.0817. The first-order valence-corrected chi connectivity index (χ1v) is 11.5. The van der Waals surface area contributed by atoms with Crippen molar-refractivity contribution < 1.29 is 24.3 Å². The summed E-state index contributed by atoms with van der Waals surface area (Å²) in [6, 6.07) is 16.9. The largest absolute Gasteiger partial charge is 0.441 e. The van der Waals surface area contributed by atoms with E-state index >= 15 is 0 Å². The number of carbonyl (C=O) groups is 2. The van der Waals surface area contributed by atoms with Gasteiger partial charge in [0.2, 0.25) is 5.91 Å². The molecule has 1 unspecified atom stereocenters. The number of rotatable bonds is 10. The minimum Gasteiger partial charge on any atom is -0.441 e. The van der Waals surface area contributed by atoms with Gasteiger partial charge in [-0.05, 0) is 29.7 Å². The average molecular weight is 456 g/mol. The van der Waals surface area contributed by atoms with Gasteiger partial charge in [0.1, 0.15) is 6.10 Å². The molecular weight excluding hydrogens is 422 g/mol. The van der Waals surface area contributed by atoms with E-state index in [1.54, 1.807) is 10.4 Å². The zero-order valence-corrected chi connectivity index (χ0v) is 19.1. The van der Waals surface area contributed by atoms with Gasteiger partial charge < -0.3 is 9.47 Å². The summed E-state index contributed by atoms with van der Waals surface area (Å²) < 4.78 is 11.4. The summed E-state index contributed by atoms with van der Waals surface area (Å²) in [5, 5.41) is 8.71. The Morgan fingerprint density at radius 1 is 1.12 bits per heavy atom. The molecule has 2 amide bonds. The van der Waals surface area contributed by atoms with Crippen LogP contribution in [0.25, 0.3) is 0 Å². The van der Waals surface area contributed by atoms with Crippen molar-refractivity contribution in [2.24, 2.45) is 0 Å². The van der Waals surface area contributed by atoms with Crippen molar-refractivity contribution in [2.45, 2.75) is 32.3 Å². The Bertz CT molecular complexity index is 869. The highest BCUT2D eigenvalue weighted by atomic mass is 16.6. The van der Waals surface area contributed by atoms with Gasteiger partial charge in [-0.15, -0.1) is 0 Å². The van der Waals surface area contributed by atoms with Crippen molar-refractivity contribution >= 4 is 17.7 Å². The highest BCUT2D eigenvalue weighted by Crippen LogP contribution is 2.26. The Morgan fingerprint density at radius 2 is 1.82 bits per heavy atom. The monoisotopic (exact) mass is 455 g/mol. The molecule has 0 aromatic heterocycles. The highest BCUT2D eigenvalue weighted by Gasteiger charge is 2.23. The lowest BCUT2D eigenvalue weighted by molar-refractivity contribution is -0.128. The Morgan fingerprint density at radius 3 is 2.45 bits per heavy atom. The lowest BCUT2D eigenvalue weighted by Crippen LogP contribution is -2.43. The molecule has 0 bridgehead atoms. The Labute approximate surface area is 195 Å². The van der Waals surface area contributed by atoms with E-state index in [1.807, 2.05) is 61.5 Å². The second-order valence-electron chi connectivity index (χ2n) is 8.06. The number of ether oxygens (including phenoxy) is 2. The zero-order valence-electron chi connectivity index (χ0n) is 19.1. The molecule has 1 saturated heterocycles. The number of hydrogen-bond donors (Lipinski definition) is 2. The number of hydrogen-bond acceptors (Lipinski definition) is 6. The van der Waals surface area contributed by atoms with Crippen molar-refractivity contribution in [3.05, 3.63) is 65.7 Å². The number of para-hydroxylation sites is 1. The maximum atomic E-state index is 13.3. The SMILES string of the molecule is CCCC(OC(=O)N(CCN1CCOCC1)c1ccccc1)c1ccc(CC(=O)NO)cc1. The van der Waals surface area contributed by atoms with Crippen LogP contribution in [0.4, 0.5) is 10.5 Å². The molecule has 1 aliphatic heterocycles. The number of morpholine rings is 1. The van der Waals surface area contributed by atoms with Gasteiger partial charge in [-0.25, -0.2) is 10.3 Å². The maximum absolute atomic E-state index is 13.3. The van der Waals surface area contributed by atoms with Gasteiger partial charge in [0.05, 0.1) is 19.6 Å². The fraction of sp³-hybridized carbons (Fsp3) is 0.440. The summed E-state index contributed by atoms with van der Waals surface area (Å²) in [6.07, 6.45) is 0.854. The molecule has 0 saturated carbocycles. The second-order valence-corrected chi connectivity index (χ2v) is 8.06. The fourth-order valence-corrected chi connectivity index (χ4v) is 3.82. The highest BCUT2D eigenvalue weighted by molar-refractivity contribution is 5.87. The van der Waals surface area contributed by atoms with E-state index in [1.165, 1.54) is 0 Å². The first kappa shape index (κ1) is 24.7. The summed E-state index contributed by atoms with van der Waals surface area (Å²) in [7, 11) is 0.